The largest absolute Gasteiger partial charge is 0.465 e. The lowest BCUT2D eigenvalue weighted by atomic mass is 9.98. The van der Waals surface area contributed by atoms with Crippen LogP contribution < -0.4 is 0 Å². The smallest absolute Gasteiger partial charge is 0.350 e. The number of esters is 1. The molecule has 0 fully saturated rings. The third kappa shape index (κ3) is 3.02. The van der Waals surface area contributed by atoms with E-state index < -0.39 is 0 Å². The molecule has 1 aromatic heterocycles. The van der Waals surface area contributed by atoms with E-state index in [1.807, 2.05) is 12.1 Å². The Bertz CT molecular complexity index is 644. The molecule has 0 bridgehead atoms. The van der Waals surface area contributed by atoms with E-state index >= 15 is 0 Å². The van der Waals surface area contributed by atoms with Crippen LogP contribution in [0.3, 0.4) is 0 Å². The van der Waals surface area contributed by atoms with Crippen LogP contribution in [0.1, 0.15) is 35.5 Å². The zero-order valence-electron chi connectivity index (χ0n) is 11.9. The van der Waals surface area contributed by atoms with Gasteiger partial charge in [0.25, 0.3) is 0 Å². The maximum absolute atomic E-state index is 11.9. The van der Waals surface area contributed by atoms with Gasteiger partial charge in [-0.3, -0.25) is 0 Å². The van der Waals surface area contributed by atoms with Crippen LogP contribution in [0, 0.1) is 0 Å². The average Bonchev–Trinajstić information content (AvgIpc) is 2.82. The van der Waals surface area contributed by atoms with Gasteiger partial charge >= 0.3 is 5.97 Å². The highest BCUT2D eigenvalue weighted by Gasteiger charge is 2.26. The summed E-state index contributed by atoms with van der Waals surface area (Å²) >= 11 is 7.39. The highest BCUT2D eigenvalue weighted by Crippen LogP contribution is 2.35. The van der Waals surface area contributed by atoms with Crippen molar-refractivity contribution in [2.24, 2.45) is 0 Å². The van der Waals surface area contributed by atoms with E-state index in [1.165, 1.54) is 18.4 Å². The van der Waals surface area contributed by atoms with Crippen LogP contribution in [0.15, 0.2) is 24.3 Å². The van der Waals surface area contributed by atoms with Crippen molar-refractivity contribution >= 4 is 28.9 Å². The van der Waals surface area contributed by atoms with E-state index in [4.69, 9.17) is 16.3 Å². The number of ether oxygens (including phenoxy) is 1. The molecule has 3 nitrogen and oxygen atoms in total. The van der Waals surface area contributed by atoms with Crippen molar-refractivity contribution in [2.45, 2.75) is 26.2 Å². The summed E-state index contributed by atoms with van der Waals surface area (Å²) in [5.74, 6) is -0.368. The first kappa shape index (κ1) is 15.0. The van der Waals surface area contributed by atoms with Crippen molar-refractivity contribution in [3.05, 3.63) is 39.2 Å². The molecule has 2 aromatic rings. The van der Waals surface area contributed by atoms with Gasteiger partial charge < -0.3 is 4.74 Å². The van der Waals surface area contributed by atoms with E-state index in [9.17, 15) is 4.79 Å². The number of rotatable bonds is 2. The molecule has 0 aliphatic heterocycles. The Morgan fingerprint density at radius 2 is 2.05 bits per heavy atom. The topological polar surface area (TPSA) is 39.2 Å². The SMILES string of the molecule is COC(=O)c1sc(C(C)(C)C)nc1-c1cccc(Cl)c1. The molecule has 0 atom stereocenters. The van der Waals surface area contributed by atoms with Gasteiger partial charge in [-0.2, -0.15) is 0 Å². The molecule has 106 valence electrons. The molecule has 1 heterocycles. The minimum Gasteiger partial charge on any atom is -0.465 e. The quantitative estimate of drug-likeness (QED) is 0.764. The first-order chi connectivity index (χ1) is 9.32. The summed E-state index contributed by atoms with van der Waals surface area (Å²) in [4.78, 5) is 17.1. The zero-order chi connectivity index (χ0) is 14.9. The van der Waals surface area contributed by atoms with Gasteiger partial charge in [0.2, 0.25) is 0 Å². The van der Waals surface area contributed by atoms with Crippen LogP contribution in [0.5, 0.6) is 0 Å². The second kappa shape index (κ2) is 5.54. The summed E-state index contributed by atoms with van der Waals surface area (Å²) in [6.45, 7) is 6.19. The number of hydrogen-bond donors (Lipinski definition) is 0. The van der Waals surface area contributed by atoms with Crippen LogP contribution >= 0.6 is 22.9 Å². The fraction of sp³-hybridized carbons (Fsp3) is 0.333. The van der Waals surface area contributed by atoms with Gasteiger partial charge in [-0.25, -0.2) is 9.78 Å². The number of carbonyl (C=O) groups excluding carboxylic acids is 1. The molecule has 0 aliphatic carbocycles. The van der Waals surface area contributed by atoms with Gasteiger partial charge in [0.1, 0.15) is 4.88 Å². The second-order valence-corrected chi connectivity index (χ2v) is 6.88. The summed E-state index contributed by atoms with van der Waals surface area (Å²) in [6, 6.07) is 7.32. The van der Waals surface area contributed by atoms with Crippen molar-refractivity contribution in [2.75, 3.05) is 7.11 Å². The number of methoxy groups -OCH3 is 1. The summed E-state index contributed by atoms with van der Waals surface area (Å²) in [5, 5.41) is 1.51. The fourth-order valence-electron chi connectivity index (χ4n) is 1.70. The maximum Gasteiger partial charge on any atom is 0.350 e. The number of aromatic nitrogens is 1. The Balaban J connectivity index is 2.61. The number of nitrogens with zero attached hydrogens (tertiary/aromatic N) is 1. The van der Waals surface area contributed by atoms with E-state index in [2.05, 4.69) is 25.8 Å². The molecule has 0 saturated heterocycles. The molecule has 0 radical (unpaired) electrons. The molecule has 0 unspecified atom stereocenters. The molecule has 1 aromatic carbocycles. The number of benzene rings is 1. The minimum atomic E-state index is -0.368. The van der Waals surface area contributed by atoms with E-state index in [0.29, 0.717) is 15.6 Å². The van der Waals surface area contributed by atoms with E-state index in [1.54, 1.807) is 12.1 Å². The Morgan fingerprint density at radius 3 is 2.60 bits per heavy atom. The number of hydrogen-bond acceptors (Lipinski definition) is 4. The minimum absolute atomic E-state index is 0.121. The van der Waals surface area contributed by atoms with E-state index in [0.717, 1.165) is 10.6 Å². The molecule has 0 saturated carbocycles. The zero-order valence-corrected chi connectivity index (χ0v) is 13.4. The average molecular weight is 310 g/mol. The van der Waals surface area contributed by atoms with Crippen molar-refractivity contribution < 1.29 is 9.53 Å². The standard InChI is InChI=1S/C15H16ClNO2S/c1-15(2,3)14-17-11(12(20-14)13(18)19-4)9-6-5-7-10(16)8-9/h5-8H,1-4H3. The third-order valence-electron chi connectivity index (χ3n) is 2.74. The normalized spacial score (nSPS) is 11.4. The van der Waals surface area contributed by atoms with Crippen LogP contribution in [0.4, 0.5) is 0 Å². The molecule has 2 rings (SSSR count). The summed E-state index contributed by atoms with van der Waals surface area (Å²) in [5.41, 5.74) is 1.34. The lowest BCUT2D eigenvalue weighted by Crippen LogP contribution is -2.10. The number of carbonyl (C=O) groups is 1. The van der Waals surface area contributed by atoms with Crippen LogP contribution in [0.2, 0.25) is 5.02 Å². The summed E-state index contributed by atoms with van der Waals surface area (Å²) in [7, 11) is 1.38. The molecule has 0 N–H and O–H groups in total. The maximum atomic E-state index is 11.9. The second-order valence-electron chi connectivity index (χ2n) is 5.45. The molecule has 0 amide bonds. The van der Waals surface area contributed by atoms with Gasteiger partial charge in [0.05, 0.1) is 17.8 Å². The van der Waals surface area contributed by atoms with Gasteiger partial charge in [-0.05, 0) is 12.1 Å². The lowest BCUT2D eigenvalue weighted by molar-refractivity contribution is 0.0607. The van der Waals surface area contributed by atoms with Crippen LogP contribution in [0.25, 0.3) is 11.3 Å². The van der Waals surface area contributed by atoms with Crippen molar-refractivity contribution in [3.63, 3.8) is 0 Å². The molecule has 5 heteroatoms. The highest BCUT2D eigenvalue weighted by atomic mass is 35.5. The Hall–Kier alpha value is -1.39. The molecule has 20 heavy (non-hydrogen) atoms. The Kier molecular flexibility index (Phi) is 4.16. The number of thiazole rings is 1. The number of halogens is 1. The third-order valence-corrected chi connectivity index (χ3v) is 4.43. The predicted octanol–water partition coefficient (Wildman–Crippen LogP) is 4.55. The predicted molar refractivity (Wildman–Crippen MR) is 82.6 cm³/mol. The molecule has 0 spiro atoms. The Labute approximate surface area is 127 Å². The van der Waals surface area contributed by atoms with Crippen molar-refractivity contribution in [3.8, 4) is 11.3 Å². The molecule has 0 aliphatic rings. The summed E-state index contributed by atoms with van der Waals surface area (Å²) in [6.07, 6.45) is 0. The Morgan fingerprint density at radius 1 is 1.35 bits per heavy atom. The van der Waals surface area contributed by atoms with Crippen molar-refractivity contribution in [1.29, 1.82) is 0 Å². The first-order valence-corrected chi connectivity index (χ1v) is 7.38. The first-order valence-electron chi connectivity index (χ1n) is 6.18. The highest BCUT2D eigenvalue weighted by molar-refractivity contribution is 7.14. The lowest BCUT2D eigenvalue weighted by Gasteiger charge is -2.13. The van der Waals surface area contributed by atoms with Gasteiger partial charge in [-0.1, -0.05) is 44.5 Å². The van der Waals surface area contributed by atoms with Gasteiger partial charge in [0, 0.05) is 16.0 Å². The molecular weight excluding hydrogens is 294 g/mol. The van der Waals surface area contributed by atoms with E-state index in [-0.39, 0.29) is 11.4 Å². The molecular formula is C15H16ClNO2S. The van der Waals surface area contributed by atoms with Gasteiger partial charge in [-0.15, -0.1) is 11.3 Å². The van der Waals surface area contributed by atoms with Crippen molar-refractivity contribution in [1.82, 2.24) is 4.98 Å². The fourth-order valence-corrected chi connectivity index (χ4v) is 2.96. The van der Waals surface area contributed by atoms with Crippen LogP contribution in [-0.4, -0.2) is 18.1 Å². The van der Waals surface area contributed by atoms with Gasteiger partial charge in [0.15, 0.2) is 0 Å². The van der Waals surface area contributed by atoms with Crippen LogP contribution in [-0.2, 0) is 10.2 Å². The summed E-state index contributed by atoms with van der Waals surface area (Å²) < 4.78 is 4.85. The monoisotopic (exact) mass is 309 g/mol.